The Bertz CT molecular complexity index is 1010. The highest BCUT2D eigenvalue weighted by Gasteiger charge is 2.19. The van der Waals surface area contributed by atoms with Crippen molar-refractivity contribution in [3.63, 3.8) is 0 Å². The van der Waals surface area contributed by atoms with Gasteiger partial charge in [-0.15, -0.1) is 18.5 Å². The topological polar surface area (TPSA) is 17.1 Å². The summed E-state index contributed by atoms with van der Waals surface area (Å²) in [6.45, 7) is 0. The zero-order chi connectivity index (χ0) is 16.7. The zero-order valence-electron chi connectivity index (χ0n) is 13.0. The highest BCUT2D eigenvalue weighted by Crippen LogP contribution is 2.25. The molecule has 0 amide bonds. The lowest BCUT2D eigenvalue weighted by molar-refractivity contribution is 0.104. The fraction of sp³-hybridized carbons (Fsp3) is 0. The molecule has 0 aliphatic rings. The monoisotopic (exact) mass is 346 g/mol. The lowest BCUT2D eigenvalue weighted by Crippen LogP contribution is -2.17. The van der Waals surface area contributed by atoms with Crippen LogP contribution in [0.2, 0.25) is 0 Å². The van der Waals surface area contributed by atoms with Crippen molar-refractivity contribution in [1.29, 1.82) is 0 Å². The first kappa shape index (κ1) is 15.5. The lowest BCUT2D eigenvalue weighted by atomic mass is 9.93. The van der Waals surface area contributed by atoms with Crippen LogP contribution in [0.25, 0.3) is 21.5 Å². The molecule has 0 fully saturated rings. The van der Waals surface area contributed by atoms with Crippen molar-refractivity contribution in [2.75, 3.05) is 0 Å². The molecule has 0 saturated carbocycles. The van der Waals surface area contributed by atoms with E-state index in [4.69, 9.17) is 0 Å². The van der Waals surface area contributed by atoms with Crippen LogP contribution in [-0.2, 0) is 0 Å². The summed E-state index contributed by atoms with van der Waals surface area (Å²) in [6.07, 6.45) is 0. The number of carbonyl (C=O) groups excluding carboxylic acids is 1. The van der Waals surface area contributed by atoms with E-state index in [1.54, 1.807) is 0 Å². The lowest BCUT2D eigenvalue weighted by Gasteiger charge is -2.13. The molecule has 0 N–H and O–H groups in total. The molecule has 4 rings (SSSR count). The predicted molar refractivity (Wildman–Crippen MR) is 110 cm³/mol. The molecule has 0 aromatic heterocycles. The van der Waals surface area contributed by atoms with Crippen LogP contribution >= 0.6 is 18.5 Å². The third-order valence-electron chi connectivity index (χ3n) is 4.38. The minimum atomic E-state index is 0.0681. The third-order valence-corrected chi connectivity index (χ3v) is 5.34. The minimum absolute atomic E-state index is 0.0681. The van der Waals surface area contributed by atoms with Crippen LogP contribution < -0.4 is 10.6 Å². The Morgan fingerprint density at radius 3 is 1.46 bits per heavy atom. The van der Waals surface area contributed by atoms with E-state index in [0.717, 1.165) is 43.3 Å². The van der Waals surface area contributed by atoms with Gasteiger partial charge < -0.3 is 0 Å². The van der Waals surface area contributed by atoms with E-state index in [9.17, 15) is 4.79 Å². The maximum atomic E-state index is 13.5. The van der Waals surface area contributed by atoms with Gasteiger partial charge in [0.2, 0.25) is 0 Å². The van der Waals surface area contributed by atoms with Gasteiger partial charge in [0, 0.05) is 11.1 Å². The molecular weight excluding hydrogens is 330 g/mol. The number of hydrogen-bond acceptors (Lipinski definition) is 1. The van der Waals surface area contributed by atoms with Crippen LogP contribution in [0.15, 0.2) is 72.8 Å². The van der Waals surface area contributed by atoms with E-state index in [-0.39, 0.29) is 5.78 Å². The SMILES string of the molecule is O=C(c1c(P)ccc2ccccc12)c1c(P)ccc2ccccc12. The average molecular weight is 346 g/mol. The molecule has 1 nitrogen and oxygen atoms in total. The first-order chi connectivity index (χ1) is 11.7. The third kappa shape index (κ3) is 2.46. The number of ketones is 1. The van der Waals surface area contributed by atoms with Crippen LogP contribution in [0, 0.1) is 0 Å². The first-order valence-electron chi connectivity index (χ1n) is 7.76. The normalized spacial score (nSPS) is 11.1. The van der Waals surface area contributed by atoms with E-state index in [2.05, 4.69) is 30.6 Å². The number of rotatable bonds is 2. The van der Waals surface area contributed by atoms with Gasteiger partial charge in [-0.05, 0) is 32.2 Å². The molecule has 24 heavy (non-hydrogen) atoms. The summed E-state index contributed by atoms with van der Waals surface area (Å²) < 4.78 is 0. The van der Waals surface area contributed by atoms with E-state index in [1.807, 2.05) is 60.7 Å². The van der Waals surface area contributed by atoms with Gasteiger partial charge in [-0.1, -0.05) is 72.8 Å². The number of hydrogen-bond donors (Lipinski definition) is 0. The summed E-state index contributed by atoms with van der Waals surface area (Å²) in [4.78, 5) is 13.5. The van der Waals surface area contributed by atoms with Crippen LogP contribution in [-0.4, -0.2) is 5.78 Å². The Balaban J connectivity index is 2.05. The molecule has 116 valence electrons. The molecule has 0 aliphatic heterocycles. The number of fused-ring (bicyclic) bond motifs is 2. The van der Waals surface area contributed by atoms with Gasteiger partial charge in [0.1, 0.15) is 0 Å². The minimum Gasteiger partial charge on any atom is -0.289 e. The number of carbonyl (C=O) groups is 1. The molecule has 2 unspecified atom stereocenters. The molecule has 0 radical (unpaired) electrons. The Labute approximate surface area is 145 Å². The second-order valence-corrected chi connectivity index (χ2v) is 7.07. The summed E-state index contributed by atoms with van der Waals surface area (Å²) in [5.74, 6) is 0.0681. The molecule has 4 aromatic rings. The Kier molecular flexibility index (Phi) is 3.93. The Hall–Kier alpha value is -2.07. The van der Waals surface area contributed by atoms with Crippen molar-refractivity contribution in [1.82, 2.24) is 0 Å². The second kappa shape index (κ2) is 6.10. The average Bonchev–Trinajstić information content (AvgIpc) is 2.61. The Morgan fingerprint density at radius 2 is 1.00 bits per heavy atom. The molecule has 0 heterocycles. The Morgan fingerprint density at radius 1 is 0.583 bits per heavy atom. The molecule has 0 spiro atoms. The molecule has 0 bridgehead atoms. The molecule has 4 aromatic carbocycles. The summed E-state index contributed by atoms with van der Waals surface area (Å²) in [6, 6.07) is 24.2. The van der Waals surface area contributed by atoms with Gasteiger partial charge in [-0.25, -0.2) is 0 Å². The molecule has 3 heteroatoms. The molecular formula is C21H16OP2. The predicted octanol–water partition coefficient (Wildman–Crippen LogP) is 4.22. The van der Waals surface area contributed by atoms with Crippen molar-refractivity contribution in [3.8, 4) is 0 Å². The summed E-state index contributed by atoms with van der Waals surface area (Å²) in [7, 11) is 5.41. The highest BCUT2D eigenvalue weighted by molar-refractivity contribution is 7.28. The molecule has 2 atom stereocenters. The van der Waals surface area contributed by atoms with Gasteiger partial charge in [-0.3, -0.25) is 4.79 Å². The smallest absolute Gasteiger partial charge is 0.195 e. The van der Waals surface area contributed by atoms with Crippen LogP contribution in [0.5, 0.6) is 0 Å². The summed E-state index contributed by atoms with van der Waals surface area (Å²) >= 11 is 0. The van der Waals surface area contributed by atoms with Gasteiger partial charge >= 0.3 is 0 Å². The van der Waals surface area contributed by atoms with Gasteiger partial charge in [0.25, 0.3) is 0 Å². The van der Waals surface area contributed by atoms with Gasteiger partial charge in [-0.2, -0.15) is 0 Å². The van der Waals surface area contributed by atoms with Crippen LogP contribution in [0.4, 0.5) is 0 Å². The molecule has 0 saturated heterocycles. The van der Waals surface area contributed by atoms with Gasteiger partial charge in [0.15, 0.2) is 5.78 Å². The van der Waals surface area contributed by atoms with E-state index in [1.165, 1.54) is 0 Å². The van der Waals surface area contributed by atoms with E-state index in [0.29, 0.717) is 0 Å². The van der Waals surface area contributed by atoms with Crippen molar-refractivity contribution in [2.24, 2.45) is 0 Å². The summed E-state index contributed by atoms with van der Waals surface area (Å²) in [5.41, 5.74) is 1.52. The highest BCUT2D eigenvalue weighted by atomic mass is 31.0. The van der Waals surface area contributed by atoms with Gasteiger partial charge in [0.05, 0.1) is 0 Å². The van der Waals surface area contributed by atoms with Crippen LogP contribution in [0.3, 0.4) is 0 Å². The fourth-order valence-corrected chi connectivity index (χ4v) is 3.97. The van der Waals surface area contributed by atoms with Crippen molar-refractivity contribution < 1.29 is 4.79 Å². The standard InChI is InChI=1S/C21H16OP2/c22-21(19-15-7-3-1-5-13(15)9-11-17(19)23)20-16-8-4-2-6-14(16)10-12-18(20)24/h1-12H,23-24H2. The van der Waals surface area contributed by atoms with E-state index >= 15 is 0 Å². The zero-order valence-corrected chi connectivity index (χ0v) is 15.3. The van der Waals surface area contributed by atoms with Crippen molar-refractivity contribution >= 4 is 56.4 Å². The van der Waals surface area contributed by atoms with Crippen LogP contribution in [0.1, 0.15) is 15.9 Å². The second-order valence-electron chi connectivity index (χ2n) is 5.83. The first-order valence-corrected chi connectivity index (χ1v) is 8.91. The fourth-order valence-electron chi connectivity index (χ4n) is 3.21. The maximum absolute atomic E-state index is 13.5. The summed E-state index contributed by atoms with van der Waals surface area (Å²) in [5, 5.41) is 6.00. The quantitative estimate of drug-likeness (QED) is 0.392. The molecule has 0 aliphatic carbocycles. The number of benzene rings is 4. The largest absolute Gasteiger partial charge is 0.289 e. The van der Waals surface area contributed by atoms with Crippen molar-refractivity contribution in [3.05, 3.63) is 83.9 Å². The van der Waals surface area contributed by atoms with E-state index < -0.39 is 0 Å². The maximum Gasteiger partial charge on any atom is 0.195 e. The van der Waals surface area contributed by atoms with Crippen molar-refractivity contribution in [2.45, 2.75) is 0 Å².